The van der Waals surface area contributed by atoms with E-state index in [4.69, 9.17) is 0 Å². The predicted octanol–water partition coefficient (Wildman–Crippen LogP) is 0.393. The topological polar surface area (TPSA) is 105 Å². The smallest absolute Gasteiger partial charge is 0.269 e. The SMILES string of the molecule is CNCCN(C)C(=O)CCNC(=O)c1ccc([N+](=O)[O-])cc1. The molecule has 0 saturated carbocycles. The molecule has 0 radical (unpaired) electrons. The van der Waals surface area contributed by atoms with Gasteiger partial charge in [-0.05, 0) is 19.2 Å². The van der Waals surface area contributed by atoms with Crippen molar-refractivity contribution < 1.29 is 14.5 Å². The molecular weight excluding hydrogens is 288 g/mol. The normalized spacial score (nSPS) is 10.1. The number of non-ortho nitro benzene ring substituents is 1. The minimum atomic E-state index is -0.526. The summed E-state index contributed by atoms with van der Waals surface area (Å²) in [6, 6.07) is 5.31. The Morgan fingerprint density at radius 1 is 1.23 bits per heavy atom. The first kappa shape index (κ1) is 17.6. The summed E-state index contributed by atoms with van der Waals surface area (Å²) in [6.07, 6.45) is 0.207. The van der Waals surface area contributed by atoms with Crippen molar-refractivity contribution in [1.82, 2.24) is 15.5 Å². The highest BCUT2D eigenvalue weighted by Crippen LogP contribution is 2.11. The van der Waals surface area contributed by atoms with Crippen LogP contribution in [0.25, 0.3) is 0 Å². The summed E-state index contributed by atoms with van der Waals surface area (Å²) in [6.45, 7) is 1.53. The van der Waals surface area contributed by atoms with E-state index in [1.807, 2.05) is 7.05 Å². The molecule has 8 heteroatoms. The first-order valence-electron chi connectivity index (χ1n) is 6.87. The van der Waals surface area contributed by atoms with E-state index in [9.17, 15) is 19.7 Å². The zero-order valence-electron chi connectivity index (χ0n) is 12.7. The number of nitrogens with one attached hydrogen (secondary N) is 2. The van der Waals surface area contributed by atoms with Crippen molar-refractivity contribution in [2.24, 2.45) is 0 Å². The van der Waals surface area contributed by atoms with Crippen LogP contribution in [0.1, 0.15) is 16.8 Å². The lowest BCUT2D eigenvalue weighted by molar-refractivity contribution is -0.384. The highest BCUT2D eigenvalue weighted by molar-refractivity contribution is 5.94. The van der Waals surface area contributed by atoms with E-state index >= 15 is 0 Å². The van der Waals surface area contributed by atoms with Crippen LogP contribution in [0.15, 0.2) is 24.3 Å². The van der Waals surface area contributed by atoms with E-state index in [-0.39, 0.29) is 30.5 Å². The summed E-state index contributed by atoms with van der Waals surface area (Å²) in [5.41, 5.74) is 0.250. The molecule has 0 fully saturated rings. The molecule has 0 saturated heterocycles. The summed E-state index contributed by atoms with van der Waals surface area (Å²) >= 11 is 0. The van der Waals surface area contributed by atoms with Crippen LogP contribution in [0.2, 0.25) is 0 Å². The van der Waals surface area contributed by atoms with Crippen LogP contribution in [0.3, 0.4) is 0 Å². The fraction of sp³-hybridized carbons (Fsp3) is 0.429. The number of carbonyl (C=O) groups excluding carboxylic acids is 2. The van der Waals surface area contributed by atoms with Gasteiger partial charge in [-0.1, -0.05) is 0 Å². The number of nitro benzene ring substituents is 1. The first-order chi connectivity index (χ1) is 10.5. The zero-order valence-corrected chi connectivity index (χ0v) is 12.7. The lowest BCUT2D eigenvalue weighted by atomic mass is 10.2. The molecule has 0 aliphatic rings. The standard InChI is InChI=1S/C14H20N4O4/c1-15-9-10-17(2)13(19)7-8-16-14(20)11-3-5-12(6-4-11)18(21)22/h3-6,15H,7-10H2,1-2H3,(H,16,20). The average Bonchev–Trinajstić information content (AvgIpc) is 2.52. The quantitative estimate of drug-likeness (QED) is 0.534. The predicted molar refractivity (Wildman–Crippen MR) is 81.6 cm³/mol. The maximum atomic E-state index is 11.8. The highest BCUT2D eigenvalue weighted by atomic mass is 16.6. The summed E-state index contributed by atoms with van der Waals surface area (Å²) in [5.74, 6) is -0.417. The maximum absolute atomic E-state index is 11.8. The van der Waals surface area contributed by atoms with Crippen LogP contribution in [0, 0.1) is 10.1 Å². The molecule has 120 valence electrons. The van der Waals surface area contributed by atoms with Gasteiger partial charge in [-0.2, -0.15) is 0 Å². The van der Waals surface area contributed by atoms with Gasteiger partial charge in [-0.3, -0.25) is 19.7 Å². The minimum absolute atomic E-state index is 0.0563. The van der Waals surface area contributed by atoms with Crippen molar-refractivity contribution in [3.05, 3.63) is 39.9 Å². The van der Waals surface area contributed by atoms with Crippen molar-refractivity contribution in [3.8, 4) is 0 Å². The molecule has 1 aromatic rings. The number of hydrogen-bond donors (Lipinski definition) is 2. The molecule has 1 aromatic carbocycles. The minimum Gasteiger partial charge on any atom is -0.352 e. The van der Waals surface area contributed by atoms with Gasteiger partial charge in [0.1, 0.15) is 0 Å². The monoisotopic (exact) mass is 308 g/mol. The van der Waals surface area contributed by atoms with Gasteiger partial charge in [0.15, 0.2) is 0 Å². The molecule has 0 aromatic heterocycles. The van der Waals surface area contributed by atoms with Gasteiger partial charge in [-0.15, -0.1) is 0 Å². The molecule has 0 unspecified atom stereocenters. The number of amides is 2. The zero-order chi connectivity index (χ0) is 16.5. The van der Waals surface area contributed by atoms with E-state index < -0.39 is 4.92 Å². The van der Waals surface area contributed by atoms with Crippen molar-refractivity contribution in [2.75, 3.05) is 33.7 Å². The van der Waals surface area contributed by atoms with Crippen LogP contribution >= 0.6 is 0 Å². The van der Waals surface area contributed by atoms with Crippen LogP contribution in [0.5, 0.6) is 0 Å². The highest BCUT2D eigenvalue weighted by Gasteiger charge is 2.11. The number of nitrogens with zero attached hydrogens (tertiary/aromatic N) is 2. The molecule has 0 heterocycles. The molecule has 2 amide bonds. The Morgan fingerprint density at radius 2 is 1.86 bits per heavy atom. The third-order valence-electron chi connectivity index (χ3n) is 3.09. The summed E-state index contributed by atoms with van der Waals surface area (Å²) in [7, 11) is 3.51. The number of rotatable bonds is 8. The van der Waals surface area contributed by atoms with Gasteiger partial charge in [0.2, 0.25) is 5.91 Å². The van der Waals surface area contributed by atoms with Crippen molar-refractivity contribution in [1.29, 1.82) is 0 Å². The second-order valence-electron chi connectivity index (χ2n) is 4.73. The molecule has 22 heavy (non-hydrogen) atoms. The maximum Gasteiger partial charge on any atom is 0.269 e. The molecule has 0 aliphatic heterocycles. The van der Waals surface area contributed by atoms with E-state index in [0.29, 0.717) is 18.7 Å². The molecular formula is C14H20N4O4. The number of benzene rings is 1. The van der Waals surface area contributed by atoms with E-state index in [2.05, 4.69) is 10.6 Å². The molecule has 0 spiro atoms. The molecule has 8 nitrogen and oxygen atoms in total. The number of likely N-dealkylation sites (N-methyl/N-ethyl adjacent to an activating group) is 2. The second-order valence-corrected chi connectivity index (χ2v) is 4.73. The molecule has 0 aliphatic carbocycles. The molecule has 1 rings (SSSR count). The summed E-state index contributed by atoms with van der Waals surface area (Å²) in [5, 5.41) is 16.1. The fourth-order valence-corrected chi connectivity index (χ4v) is 1.71. The van der Waals surface area contributed by atoms with Gasteiger partial charge in [0.05, 0.1) is 4.92 Å². The Hall–Kier alpha value is -2.48. The lowest BCUT2D eigenvalue weighted by Gasteiger charge is -2.16. The van der Waals surface area contributed by atoms with E-state index in [1.165, 1.54) is 24.3 Å². The Morgan fingerprint density at radius 3 is 2.41 bits per heavy atom. The van der Waals surface area contributed by atoms with Crippen molar-refractivity contribution in [2.45, 2.75) is 6.42 Å². The third-order valence-corrected chi connectivity index (χ3v) is 3.09. The van der Waals surface area contributed by atoms with Gasteiger partial charge < -0.3 is 15.5 Å². The third kappa shape index (κ3) is 5.49. The Bertz CT molecular complexity index is 530. The van der Waals surface area contributed by atoms with Crippen LogP contribution < -0.4 is 10.6 Å². The van der Waals surface area contributed by atoms with Crippen LogP contribution in [-0.2, 0) is 4.79 Å². The Labute approximate surface area is 128 Å². The Kier molecular flexibility index (Phi) is 6.97. The first-order valence-corrected chi connectivity index (χ1v) is 6.87. The van der Waals surface area contributed by atoms with Crippen molar-refractivity contribution >= 4 is 17.5 Å². The largest absolute Gasteiger partial charge is 0.352 e. The molecule has 0 bridgehead atoms. The number of nitro groups is 1. The van der Waals surface area contributed by atoms with Gasteiger partial charge >= 0.3 is 0 Å². The lowest BCUT2D eigenvalue weighted by Crippen LogP contribution is -2.35. The van der Waals surface area contributed by atoms with Gasteiger partial charge in [0.25, 0.3) is 11.6 Å². The van der Waals surface area contributed by atoms with Crippen LogP contribution in [0.4, 0.5) is 5.69 Å². The van der Waals surface area contributed by atoms with Gasteiger partial charge in [0, 0.05) is 50.8 Å². The number of hydrogen-bond acceptors (Lipinski definition) is 5. The average molecular weight is 308 g/mol. The molecule has 0 atom stereocenters. The summed E-state index contributed by atoms with van der Waals surface area (Å²) < 4.78 is 0. The summed E-state index contributed by atoms with van der Waals surface area (Å²) in [4.78, 5) is 35.2. The molecule has 2 N–H and O–H groups in total. The second kappa shape index (κ2) is 8.73. The van der Waals surface area contributed by atoms with Gasteiger partial charge in [-0.25, -0.2) is 0 Å². The van der Waals surface area contributed by atoms with E-state index in [1.54, 1.807) is 11.9 Å². The van der Waals surface area contributed by atoms with E-state index in [0.717, 1.165) is 0 Å². The van der Waals surface area contributed by atoms with Crippen molar-refractivity contribution in [3.63, 3.8) is 0 Å². The number of carbonyl (C=O) groups is 2. The fourth-order valence-electron chi connectivity index (χ4n) is 1.71. The van der Waals surface area contributed by atoms with Crippen LogP contribution in [-0.4, -0.2) is 55.4 Å². The Balaban J connectivity index is 2.39.